The molecule has 0 saturated carbocycles. The number of nitrogens with zero attached hydrogens (tertiary/aromatic N) is 2. The van der Waals surface area contributed by atoms with Crippen molar-refractivity contribution in [3.05, 3.63) is 0 Å². The van der Waals surface area contributed by atoms with Crippen molar-refractivity contribution in [3.8, 4) is 6.07 Å². The normalized spacial score (nSPS) is 28.7. The van der Waals surface area contributed by atoms with Gasteiger partial charge in [0.2, 0.25) is 0 Å². The number of morpholine rings is 1. The van der Waals surface area contributed by atoms with Crippen LogP contribution in [0.1, 0.15) is 34.1 Å². The van der Waals surface area contributed by atoms with E-state index in [-0.39, 0.29) is 5.41 Å². The maximum atomic E-state index is 8.95. The molecule has 0 aliphatic carbocycles. The van der Waals surface area contributed by atoms with Crippen molar-refractivity contribution in [2.45, 2.75) is 46.3 Å². The molecule has 3 nitrogen and oxygen atoms in total. The van der Waals surface area contributed by atoms with Crippen LogP contribution in [0.25, 0.3) is 0 Å². The lowest BCUT2D eigenvalue weighted by atomic mass is 9.91. The Morgan fingerprint density at radius 3 is 2.73 bits per heavy atom. The quantitative estimate of drug-likeness (QED) is 0.715. The third-order valence-electron chi connectivity index (χ3n) is 3.06. The Morgan fingerprint density at radius 1 is 1.47 bits per heavy atom. The van der Waals surface area contributed by atoms with E-state index in [4.69, 9.17) is 10.00 Å². The summed E-state index contributed by atoms with van der Waals surface area (Å²) in [5.74, 6) is 0. The summed E-state index contributed by atoms with van der Waals surface area (Å²) in [7, 11) is 0. The second-order valence-corrected chi connectivity index (χ2v) is 5.23. The van der Waals surface area contributed by atoms with Crippen LogP contribution in [0.15, 0.2) is 0 Å². The molecule has 1 aliphatic rings. The Labute approximate surface area is 93.0 Å². The summed E-state index contributed by atoms with van der Waals surface area (Å²) in [5.41, 5.74) is -0.207. The molecule has 0 radical (unpaired) electrons. The van der Waals surface area contributed by atoms with Crippen molar-refractivity contribution < 1.29 is 4.74 Å². The van der Waals surface area contributed by atoms with Crippen LogP contribution in [-0.2, 0) is 4.74 Å². The summed E-state index contributed by atoms with van der Waals surface area (Å²) in [6, 6.07) is 2.83. The highest BCUT2D eigenvalue weighted by molar-refractivity contribution is 4.92. The van der Waals surface area contributed by atoms with E-state index in [1.165, 1.54) is 0 Å². The van der Waals surface area contributed by atoms with Crippen LogP contribution >= 0.6 is 0 Å². The van der Waals surface area contributed by atoms with E-state index in [0.717, 1.165) is 26.1 Å². The first-order valence-electron chi connectivity index (χ1n) is 5.71. The average molecular weight is 210 g/mol. The number of hydrogen-bond acceptors (Lipinski definition) is 3. The molecule has 2 atom stereocenters. The molecule has 86 valence electrons. The van der Waals surface area contributed by atoms with E-state index in [1.54, 1.807) is 0 Å². The lowest BCUT2D eigenvalue weighted by Gasteiger charge is -2.37. The van der Waals surface area contributed by atoms with Gasteiger partial charge in [-0.15, -0.1) is 0 Å². The molecule has 1 rings (SSSR count). The predicted molar refractivity (Wildman–Crippen MR) is 60.5 cm³/mol. The molecule has 1 saturated heterocycles. The summed E-state index contributed by atoms with van der Waals surface area (Å²) < 4.78 is 5.57. The largest absolute Gasteiger partial charge is 0.376 e. The molecule has 1 fully saturated rings. The van der Waals surface area contributed by atoms with Gasteiger partial charge in [-0.1, -0.05) is 0 Å². The van der Waals surface area contributed by atoms with Crippen molar-refractivity contribution >= 4 is 0 Å². The van der Waals surface area contributed by atoms with Gasteiger partial charge in [-0.2, -0.15) is 5.26 Å². The molecule has 2 unspecified atom stereocenters. The number of nitriles is 1. The van der Waals surface area contributed by atoms with Crippen LogP contribution in [0.3, 0.4) is 0 Å². The summed E-state index contributed by atoms with van der Waals surface area (Å²) in [6.45, 7) is 11.1. The Bertz CT molecular complexity index is 244. The molecule has 1 heterocycles. The van der Waals surface area contributed by atoms with Gasteiger partial charge in [0.1, 0.15) is 0 Å². The standard InChI is InChI=1S/C12H22N2O/c1-10-8-15-11(2)7-14(10)6-5-12(3,4)9-13/h10-11H,5-8H2,1-4H3. The molecular weight excluding hydrogens is 188 g/mol. The third kappa shape index (κ3) is 3.81. The van der Waals surface area contributed by atoms with Crippen LogP contribution in [0.2, 0.25) is 0 Å². The summed E-state index contributed by atoms with van der Waals surface area (Å²) >= 11 is 0. The highest BCUT2D eigenvalue weighted by Crippen LogP contribution is 2.21. The van der Waals surface area contributed by atoms with Crippen molar-refractivity contribution in [2.24, 2.45) is 5.41 Å². The Balaban J connectivity index is 2.40. The second-order valence-electron chi connectivity index (χ2n) is 5.23. The molecule has 0 aromatic rings. The van der Waals surface area contributed by atoms with Crippen LogP contribution in [0.4, 0.5) is 0 Å². The van der Waals surface area contributed by atoms with Crippen LogP contribution in [-0.4, -0.2) is 36.7 Å². The maximum absolute atomic E-state index is 8.95. The van der Waals surface area contributed by atoms with Gasteiger partial charge in [-0.25, -0.2) is 0 Å². The zero-order chi connectivity index (χ0) is 11.5. The molecule has 3 heteroatoms. The summed E-state index contributed by atoms with van der Waals surface area (Å²) in [5, 5.41) is 8.95. The fourth-order valence-electron chi connectivity index (χ4n) is 1.76. The second kappa shape index (κ2) is 4.96. The van der Waals surface area contributed by atoms with Crippen molar-refractivity contribution in [1.82, 2.24) is 4.90 Å². The summed E-state index contributed by atoms with van der Waals surface area (Å²) in [6.07, 6.45) is 1.26. The number of ether oxygens (including phenoxy) is 1. The topological polar surface area (TPSA) is 36.3 Å². The molecule has 0 aromatic carbocycles. The van der Waals surface area contributed by atoms with E-state index >= 15 is 0 Å². The van der Waals surface area contributed by atoms with Gasteiger partial charge in [0.05, 0.1) is 24.2 Å². The smallest absolute Gasteiger partial charge is 0.0684 e. The molecule has 0 spiro atoms. The van der Waals surface area contributed by atoms with Gasteiger partial charge < -0.3 is 4.74 Å². The Hall–Kier alpha value is -0.590. The van der Waals surface area contributed by atoms with Gasteiger partial charge in [0, 0.05) is 19.1 Å². The fraction of sp³-hybridized carbons (Fsp3) is 0.917. The molecule has 1 aliphatic heterocycles. The SMILES string of the molecule is CC1CN(CCC(C)(C)C#N)C(C)CO1. The van der Waals surface area contributed by atoms with Crippen LogP contribution in [0.5, 0.6) is 0 Å². The van der Waals surface area contributed by atoms with E-state index in [1.807, 2.05) is 13.8 Å². The van der Waals surface area contributed by atoms with Gasteiger partial charge >= 0.3 is 0 Å². The molecule has 0 bridgehead atoms. The number of rotatable bonds is 3. The molecular formula is C12H22N2O. The first kappa shape index (κ1) is 12.5. The molecule has 0 N–H and O–H groups in total. The van der Waals surface area contributed by atoms with E-state index < -0.39 is 0 Å². The minimum absolute atomic E-state index is 0.207. The lowest BCUT2D eigenvalue weighted by molar-refractivity contribution is -0.0512. The first-order valence-corrected chi connectivity index (χ1v) is 5.71. The molecule has 15 heavy (non-hydrogen) atoms. The zero-order valence-corrected chi connectivity index (χ0v) is 10.3. The van der Waals surface area contributed by atoms with E-state index in [0.29, 0.717) is 12.1 Å². The highest BCUT2D eigenvalue weighted by atomic mass is 16.5. The first-order chi connectivity index (χ1) is 6.94. The maximum Gasteiger partial charge on any atom is 0.0684 e. The summed E-state index contributed by atoms with van der Waals surface area (Å²) in [4.78, 5) is 2.42. The van der Waals surface area contributed by atoms with Gasteiger partial charge in [-0.05, 0) is 34.1 Å². The monoisotopic (exact) mass is 210 g/mol. The number of hydrogen-bond donors (Lipinski definition) is 0. The van der Waals surface area contributed by atoms with Crippen LogP contribution in [0, 0.1) is 16.7 Å². The fourth-order valence-corrected chi connectivity index (χ4v) is 1.76. The lowest BCUT2D eigenvalue weighted by Crippen LogP contribution is -2.48. The van der Waals surface area contributed by atoms with Crippen LogP contribution < -0.4 is 0 Å². The highest BCUT2D eigenvalue weighted by Gasteiger charge is 2.25. The van der Waals surface area contributed by atoms with Gasteiger partial charge in [0.15, 0.2) is 0 Å². The van der Waals surface area contributed by atoms with Gasteiger partial charge in [0.25, 0.3) is 0 Å². The minimum atomic E-state index is -0.207. The minimum Gasteiger partial charge on any atom is -0.376 e. The third-order valence-corrected chi connectivity index (χ3v) is 3.06. The Kier molecular flexibility index (Phi) is 4.12. The molecule has 0 aromatic heterocycles. The van der Waals surface area contributed by atoms with E-state index in [2.05, 4.69) is 24.8 Å². The van der Waals surface area contributed by atoms with Gasteiger partial charge in [-0.3, -0.25) is 4.90 Å². The van der Waals surface area contributed by atoms with Crippen molar-refractivity contribution in [1.29, 1.82) is 5.26 Å². The average Bonchev–Trinajstić information content (AvgIpc) is 2.20. The van der Waals surface area contributed by atoms with Crippen molar-refractivity contribution in [2.75, 3.05) is 19.7 Å². The zero-order valence-electron chi connectivity index (χ0n) is 10.3. The Morgan fingerprint density at radius 2 is 2.13 bits per heavy atom. The van der Waals surface area contributed by atoms with Crippen molar-refractivity contribution in [3.63, 3.8) is 0 Å². The molecule has 0 amide bonds. The predicted octanol–water partition coefficient (Wildman–Crippen LogP) is 2.04. The van der Waals surface area contributed by atoms with E-state index in [9.17, 15) is 0 Å².